The second kappa shape index (κ2) is 9.46. The molecule has 0 saturated carbocycles. The van der Waals surface area contributed by atoms with Gasteiger partial charge in [0.1, 0.15) is 6.61 Å². The molecule has 0 bridgehead atoms. The lowest BCUT2D eigenvalue weighted by atomic mass is 9.68. The van der Waals surface area contributed by atoms with Crippen LogP contribution in [0.2, 0.25) is 0 Å². The number of carbonyl (C=O) groups is 2. The molecule has 0 aromatic heterocycles. The number of carbonyl (C=O) groups excluding carboxylic acids is 2. The molecule has 1 fully saturated rings. The van der Waals surface area contributed by atoms with Gasteiger partial charge in [0, 0.05) is 35.9 Å². The molecule has 1 N–H and O–H groups in total. The van der Waals surface area contributed by atoms with Crippen molar-refractivity contribution in [3.05, 3.63) is 82.7 Å². The fourth-order valence-corrected chi connectivity index (χ4v) is 5.56. The second-order valence-electron chi connectivity index (χ2n) is 10.7. The summed E-state index contributed by atoms with van der Waals surface area (Å²) in [6, 6.07) is 18.4. The van der Waals surface area contributed by atoms with Crippen molar-refractivity contribution in [2.24, 2.45) is 5.41 Å². The molecule has 5 rings (SSSR count). The first-order valence-electron chi connectivity index (χ1n) is 12.5. The van der Waals surface area contributed by atoms with Gasteiger partial charge in [-0.15, -0.1) is 0 Å². The van der Waals surface area contributed by atoms with Crippen LogP contribution in [0.4, 0.5) is 0 Å². The van der Waals surface area contributed by atoms with Crippen LogP contribution in [0, 0.1) is 5.41 Å². The average molecular weight is 472 g/mol. The van der Waals surface area contributed by atoms with Gasteiger partial charge in [0.05, 0.1) is 11.7 Å². The van der Waals surface area contributed by atoms with Crippen LogP contribution < -0.4 is 5.32 Å². The molecule has 3 aliphatic rings. The van der Waals surface area contributed by atoms with E-state index >= 15 is 0 Å². The van der Waals surface area contributed by atoms with Crippen molar-refractivity contribution in [1.82, 2.24) is 5.32 Å². The second-order valence-corrected chi connectivity index (χ2v) is 10.7. The van der Waals surface area contributed by atoms with Gasteiger partial charge in [-0.2, -0.15) is 0 Å². The van der Waals surface area contributed by atoms with E-state index in [4.69, 9.17) is 9.47 Å². The van der Waals surface area contributed by atoms with Crippen LogP contribution in [0.5, 0.6) is 0 Å². The Kier molecular flexibility index (Phi) is 6.37. The van der Waals surface area contributed by atoms with Gasteiger partial charge in [-0.1, -0.05) is 68.4 Å². The van der Waals surface area contributed by atoms with Gasteiger partial charge >= 0.3 is 5.97 Å². The van der Waals surface area contributed by atoms with Gasteiger partial charge < -0.3 is 14.8 Å². The number of esters is 1. The predicted octanol–water partition coefficient (Wildman–Crippen LogP) is 5.68. The summed E-state index contributed by atoms with van der Waals surface area (Å²) in [5.41, 5.74) is 5.92. The lowest BCUT2D eigenvalue weighted by Crippen LogP contribution is -2.39. The maximum atomic E-state index is 13.5. The smallest absolute Gasteiger partial charge is 0.336 e. The summed E-state index contributed by atoms with van der Waals surface area (Å²) in [6.07, 6.45) is 3.07. The SMILES string of the molecule is CC1=C(C(=O)OCC2CCCO2)C(c2ccc(-c3ccccc3)cc2)C2=C(CC(C)(C)CC2=O)N1. The van der Waals surface area contributed by atoms with Crippen LogP contribution in [0.1, 0.15) is 57.9 Å². The highest BCUT2D eigenvalue weighted by Gasteiger charge is 2.43. The number of ketones is 1. The quantitative estimate of drug-likeness (QED) is 0.569. The minimum atomic E-state index is -0.448. The number of nitrogens with one attached hydrogen (secondary N) is 1. The zero-order valence-electron chi connectivity index (χ0n) is 20.7. The van der Waals surface area contributed by atoms with Gasteiger partial charge in [-0.25, -0.2) is 4.79 Å². The van der Waals surface area contributed by atoms with Gasteiger partial charge in [-0.3, -0.25) is 4.79 Å². The molecule has 2 heterocycles. The highest BCUT2D eigenvalue weighted by Crippen LogP contribution is 2.47. The zero-order valence-corrected chi connectivity index (χ0v) is 20.7. The van der Waals surface area contributed by atoms with Crippen LogP contribution in [0.3, 0.4) is 0 Å². The predicted molar refractivity (Wildman–Crippen MR) is 135 cm³/mol. The molecular weight excluding hydrogens is 438 g/mol. The van der Waals surface area contributed by atoms with E-state index in [-0.39, 0.29) is 29.9 Å². The molecule has 182 valence electrons. The summed E-state index contributed by atoms with van der Waals surface area (Å²) in [7, 11) is 0. The molecular formula is C30H33NO4. The summed E-state index contributed by atoms with van der Waals surface area (Å²) in [5.74, 6) is -0.735. The van der Waals surface area contributed by atoms with Crippen molar-refractivity contribution in [1.29, 1.82) is 0 Å². The van der Waals surface area contributed by atoms with Crippen LogP contribution in [-0.2, 0) is 19.1 Å². The average Bonchev–Trinajstić information content (AvgIpc) is 3.35. The van der Waals surface area contributed by atoms with Crippen molar-refractivity contribution in [3.63, 3.8) is 0 Å². The molecule has 0 radical (unpaired) electrons. The maximum absolute atomic E-state index is 13.5. The van der Waals surface area contributed by atoms with Crippen LogP contribution >= 0.6 is 0 Å². The number of rotatable bonds is 5. The van der Waals surface area contributed by atoms with E-state index in [1.807, 2.05) is 37.3 Å². The molecule has 5 heteroatoms. The van der Waals surface area contributed by atoms with Crippen molar-refractivity contribution < 1.29 is 19.1 Å². The zero-order chi connectivity index (χ0) is 24.6. The van der Waals surface area contributed by atoms with E-state index in [0.717, 1.165) is 47.3 Å². The largest absolute Gasteiger partial charge is 0.459 e. The third kappa shape index (κ3) is 4.83. The molecule has 2 aromatic carbocycles. The van der Waals surface area contributed by atoms with Crippen LogP contribution in [0.25, 0.3) is 11.1 Å². The first kappa shape index (κ1) is 23.6. The number of dihydropyridines is 1. The van der Waals surface area contributed by atoms with E-state index in [9.17, 15) is 9.59 Å². The van der Waals surface area contributed by atoms with E-state index in [0.29, 0.717) is 24.2 Å². The number of Topliss-reactive ketones (excluding diaryl/α,β-unsaturated/α-hetero) is 1. The molecule has 0 spiro atoms. The third-order valence-electron chi connectivity index (χ3n) is 7.24. The Balaban J connectivity index is 1.52. The Bertz CT molecular complexity index is 1180. The monoisotopic (exact) mass is 471 g/mol. The summed E-state index contributed by atoms with van der Waals surface area (Å²) < 4.78 is 11.4. The van der Waals surface area contributed by atoms with E-state index < -0.39 is 5.92 Å². The molecule has 1 saturated heterocycles. The normalized spacial score (nSPS) is 23.7. The number of hydrogen-bond acceptors (Lipinski definition) is 5. The Labute approximate surface area is 207 Å². The summed E-state index contributed by atoms with van der Waals surface area (Å²) in [4.78, 5) is 26.9. The minimum absolute atomic E-state index is 0.0492. The Morgan fingerprint density at radius 3 is 2.46 bits per heavy atom. The van der Waals surface area contributed by atoms with Crippen molar-refractivity contribution >= 4 is 11.8 Å². The molecule has 5 nitrogen and oxygen atoms in total. The molecule has 2 aliphatic heterocycles. The molecule has 0 amide bonds. The van der Waals surface area contributed by atoms with Gasteiger partial charge in [0.25, 0.3) is 0 Å². The highest BCUT2D eigenvalue weighted by atomic mass is 16.6. The van der Waals surface area contributed by atoms with Gasteiger partial charge in [-0.05, 0) is 48.3 Å². The van der Waals surface area contributed by atoms with Crippen molar-refractivity contribution in [2.45, 2.75) is 58.5 Å². The Hall–Kier alpha value is -3.18. The van der Waals surface area contributed by atoms with Crippen LogP contribution in [0.15, 0.2) is 77.1 Å². The molecule has 2 atom stereocenters. The number of allylic oxidation sites excluding steroid dienone is 3. The first-order chi connectivity index (χ1) is 16.8. The minimum Gasteiger partial charge on any atom is -0.459 e. The van der Waals surface area contributed by atoms with E-state index in [2.05, 4.69) is 43.4 Å². The molecule has 2 unspecified atom stereocenters. The summed E-state index contributed by atoms with van der Waals surface area (Å²) in [5, 5.41) is 3.41. The highest BCUT2D eigenvalue weighted by molar-refractivity contribution is 6.04. The first-order valence-corrected chi connectivity index (χ1v) is 12.5. The molecule has 1 aliphatic carbocycles. The Morgan fingerprint density at radius 2 is 1.77 bits per heavy atom. The number of benzene rings is 2. The standard InChI is InChI=1S/C30H33NO4/c1-19-26(29(33)35-18-23-10-7-15-34-23)27(28-24(31-19)16-30(2,3)17-25(28)32)22-13-11-21(12-14-22)20-8-5-4-6-9-20/h4-6,8-9,11-14,23,27,31H,7,10,15-18H2,1-3H3. The maximum Gasteiger partial charge on any atom is 0.336 e. The van der Waals surface area contributed by atoms with Crippen molar-refractivity contribution in [2.75, 3.05) is 13.2 Å². The third-order valence-corrected chi connectivity index (χ3v) is 7.24. The van der Waals surface area contributed by atoms with E-state index in [1.165, 1.54) is 0 Å². The lowest BCUT2D eigenvalue weighted by molar-refractivity contribution is -0.142. The molecule has 35 heavy (non-hydrogen) atoms. The van der Waals surface area contributed by atoms with Gasteiger partial charge in [0.2, 0.25) is 0 Å². The summed E-state index contributed by atoms with van der Waals surface area (Å²) in [6.45, 7) is 7.09. The fraction of sp³-hybridized carbons (Fsp3) is 0.400. The van der Waals surface area contributed by atoms with Gasteiger partial charge in [0.15, 0.2) is 5.78 Å². The topological polar surface area (TPSA) is 64.6 Å². The number of ether oxygens (including phenoxy) is 2. The fourth-order valence-electron chi connectivity index (χ4n) is 5.56. The Morgan fingerprint density at radius 1 is 1.06 bits per heavy atom. The van der Waals surface area contributed by atoms with Crippen LogP contribution in [-0.4, -0.2) is 31.1 Å². The van der Waals surface area contributed by atoms with Crippen molar-refractivity contribution in [3.8, 4) is 11.1 Å². The summed E-state index contributed by atoms with van der Waals surface area (Å²) >= 11 is 0. The number of hydrogen-bond donors (Lipinski definition) is 1. The molecule has 2 aromatic rings. The van der Waals surface area contributed by atoms with E-state index in [1.54, 1.807) is 0 Å². The lowest BCUT2D eigenvalue weighted by Gasteiger charge is -2.39.